The number of carbonyl (C=O) groups is 3. The van der Waals surface area contributed by atoms with E-state index in [2.05, 4.69) is 22.0 Å². The van der Waals surface area contributed by atoms with Crippen molar-refractivity contribution in [1.82, 2.24) is 16.0 Å². The van der Waals surface area contributed by atoms with Crippen molar-refractivity contribution >= 4 is 23.5 Å². The van der Waals surface area contributed by atoms with Gasteiger partial charge in [-0.1, -0.05) is 23.8 Å². The summed E-state index contributed by atoms with van der Waals surface area (Å²) in [6.45, 7) is 0.677. The fourth-order valence-corrected chi connectivity index (χ4v) is 3.61. The number of hydrogen-bond donors (Lipinski definition) is 3. The molecule has 1 aliphatic carbocycles. The first-order valence-corrected chi connectivity index (χ1v) is 10.0. The first-order valence-electron chi connectivity index (χ1n) is 10.0. The predicted octanol–water partition coefficient (Wildman–Crippen LogP) is 1.72. The van der Waals surface area contributed by atoms with Gasteiger partial charge in [0.1, 0.15) is 5.75 Å². The summed E-state index contributed by atoms with van der Waals surface area (Å²) in [5.74, 6) is -0.170. The fourth-order valence-electron chi connectivity index (χ4n) is 3.61. The molecular formula is C21H28N4O4. The van der Waals surface area contributed by atoms with Crippen LogP contribution in [0.2, 0.25) is 0 Å². The molecule has 156 valence electrons. The monoisotopic (exact) mass is 400 g/mol. The van der Waals surface area contributed by atoms with Crippen molar-refractivity contribution in [3.8, 4) is 5.75 Å². The van der Waals surface area contributed by atoms with Crippen LogP contribution in [0, 0.1) is 0 Å². The third-order valence-electron chi connectivity index (χ3n) is 5.10. The van der Waals surface area contributed by atoms with Gasteiger partial charge in [-0.2, -0.15) is 0 Å². The highest BCUT2D eigenvalue weighted by Gasteiger charge is 2.31. The molecule has 1 aromatic rings. The molecule has 2 aliphatic rings. The Morgan fingerprint density at radius 2 is 2.03 bits per heavy atom. The Bertz CT molecular complexity index is 793. The lowest BCUT2D eigenvalue weighted by molar-refractivity contribution is -0.127. The summed E-state index contributed by atoms with van der Waals surface area (Å²) in [7, 11) is 1.54. The molecule has 1 atom stereocenters. The number of nitrogens with one attached hydrogen (secondary N) is 3. The fraction of sp³-hybridized carbons (Fsp3) is 0.476. The lowest BCUT2D eigenvalue weighted by Gasteiger charge is -2.34. The number of rotatable bonds is 6. The molecule has 3 N–H and O–H groups in total. The van der Waals surface area contributed by atoms with Crippen LogP contribution in [0.5, 0.6) is 5.75 Å². The zero-order valence-electron chi connectivity index (χ0n) is 16.7. The highest BCUT2D eigenvalue weighted by atomic mass is 16.5. The van der Waals surface area contributed by atoms with Gasteiger partial charge in [0.05, 0.1) is 18.8 Å². The summed E-state index contributed by atoms with van der Waals surface area (Å²) in [4.78, 5) is 38.2. The van der Waals surface area contributed by atoms with E-state index < -0.39 is 18.0 Å². The van der Waals surface area contributed by atoms with Gasteiger partial charge in [-0.3, -0.25) is 14.9 Å². The third kappa shape index (κ3) is 5.73. The lowest BCUT2D eigenvalue weighted by Crippen LogP contribution is -2.51. The molecule has 0 saturated carbocycles. The van der Waals surface area contributed by atoms with E-state index in [9.17, 15) is 14.4 Å². The Hall–Kier alpha value is -3.03. The average Bonchev–Trinajstić information content (AvgIpc) is 2.73. The number of anilines is 1. The van der Waals surface area contributed by atoms with E-state index in [4.69, 9.17) is 4.74 Å². The number of fused-ring (bicyclic) bond motifs is 1. The zero-order chi connectivity index (χ0) is 20.6. The zero-order valence-corrected chi connectivity index (χ0v) is 16.7. The van der Waals surface area contributed by atoms with Crippen molar-refractivity contribution < 1.29 is 19.1 Å². The summed E-state index contributed by atoms with van der Waals surface area (Å²) in [5, 5.41) is 7.66. The lowest BCUT2D eigenvalue weighted by atomic mass is 9.97. The molecule has 4 amide bonds. The Kier molecular flexibility index (Phi) is 7.10. The number of amides is 4. The molecule has 1 unspecified atom stereocenters. The van der Waals surface area contributed by atoms with Crippen LogP contribution >= 0.6 is 0 Å². The van der Waals surface area contributed by atoms with Gasteiger partial charge in [0.25, 0.3) is 5.91 Å². The molecule has 0 saturated heterocycles. The van der Waals surface area contributed by atoms with Gasteiger partial charge in [-0.05, 0) is 44.2 Å². The van der Waals surface area contributed by atoms with E-state index in [1.54, 1.807) is 17.0 Å². The summed E-state index contributed by atoms with van der Waals surface area (Å²) < 4.78 is 5.72. The molecule has 0 bridgehead atoms. The van der Waals surface area contributed by atoms with Crippen LogP contribution in [-0.2, 0) is 9.59 Å². The molecular weight excluding hydrogens is 372 g/mol. The standard InChI is InChI=1S/C21H28N4O4/c1-22-20(27)18-13-25(16-9-5-6-10-17(16)29-18)14-19(26)24-21(28)23-12-11-15-7-3-2-4-8-15/h5-7,9-10,18H,2-4,8,11-14H2,1H3,(H,22,27)(H2,23,24,26,28). The van der Waals surface area contributed by atoms with Gasteiger partial charge in [-0.15, -0.1) is 0 Å². The van der Waals surface area contributed by atoms with Crippen LogP contribution in [0.25, 0.3) is 0 Å². The first-order chi connectivity index (χ1) is 14.1. The normalized spacial score (nSPS) is 18.0. The van der Waals surface area contributed by atoms with Crippen LogP contribution < -0.4 is 25.6 Å². The van der Waals surface area contributed by atoms with Crippen LogP contribution in [-0.4, -0.2) is 50.6 Å². The smallest absolute Gasteiger partial charge is 0.321 e. The summed E-state index contributed by atoms with van der Waals surface area (Å²) in [6.07, 6.45) is 6.97. The maximum atomic E-state index is 12.4. The number of likely N-dealkylation sites (N-methyl/N-ethyl adjacent to an activating group) is 1. The molecule has 1 heterocycles. The second-order valence-electron chi connectivity index (χ2n) is 7.23. The Labute approximate surface area is 170 Å². The van der Waals surface area contributed by atoms with E-state index >= 15 is 0 Å². The van der Waals surface area contributed by atoms with Gasteiger partial charge in [0, 0.05) is 13.6 Å². The second-order valence-corrected chi connectivity index (χ2v) is 7.23. The van der Waals surface area contributed by atoms with Gasteiger partial charge in [0.15, 0.2) is 6.10 Å². The average molecular weight is 400 g/mol. The minimum Gasteiger partial charge on any atom is -0.477 e. The highest BCUT2D eigenvalue weighted by Crippen LogP contribution is 2.32. The minimum absolute atomic E-state index is 0.0492. The first kappa shape index (κ1) is 20.7. The largest absolute Gasteiger partial charge is 0.477 e. The molecule has 1 aliphatic heterocycles. The summed E-state index contributed by atoms with van der Waals surface area (Å²) >= 11 is 0. The molecule has 0 fully saturated rings. The Morgan fingerprint density at radius 1 is 1.21 bits per heavy atom. The van der Waals surface area contributed by atoms with Crippen LogP contribution in [0.1, 0.15) is 32.1 Å². The van der Waals surface area contributed by atoms with Gasteiger partial charge >= 0.3 is 6.03 Å². The third-order valence-corrected chi connectivity index (χ3v) is 5.10. The molecule has 29 heavy (non-hydrogen) atoms. The van der Waals surface area contributed by atoms with Crippen molar-refractivity contribution in [2.45, 2.75) is 38.2 Å². The molecule has 8 heteroatoms. The van der Waals surface area contributed by atoms with Crippen molar-refractivity contribution in [1.29, 1.82) is 0 Å². The Morgan fingerprint density at radius 3 is 2.79 bits per heavy atom. The maximum Gasteiger partial charge on any atom is 0.321 e. The van der Waals surface area contributed by atoms with Gasteiger partial charge in [0.2, 0.25) is 5.91 Å². The van der Waals surface area contributed by atoms with Crippen LogP contribution in [0.4, 0.5) is 10.5 Å². The minimum atomic E-state index is -0.722. The van der Waals surface area contributed by atoms with Crippen molar-refractivity contribution in [3.05, 3.63) is 35.9 Å². The van der Waals surface area contributed by atoms with Crippen LogP contribution in [0.15, 0.2) is 35.9 Å². The quantitative estimate of drug-likeness (QED) is 0.632. The number of nitrogens with zero attached hydrogens (tertiary/aromatic N) is 1. The second kappa shape index (κ2) is 9.95. The van der Waals surface area contributed by atoms with E-state index in [0.29, 0.717) is 18.0 Å². The number of para-hydroxylation sites is 2. The number of urea groups is 1. The van der Waals surface area contributed by atoms with Crippen molar-refractivity contribution in [2.75, 3.05) is 31.6 Å². The summed E-state index contributed by atoms with van der Waals surface area (Å²) in [6, 6.07) is 6.71. The molecule has 3 rings (SSSR count). The van der Waals surface area contributed by atoms with Crippen molar-refractivity contribution in [3.63, 3.8) is 0 Å². The topological polar surface area (TPSA) is 99.8 Å². The Balaban J connectivity index is 1.51. The molecule has 1 aromatic carbocycles. The molecule has 8 nitrogen and oxygen atoms in total. The molecule has 0 spiro atoms. The predicted molar refractivity (Wildman–Crippen MR) is 110 cm³/mol. The van der Waals surface area contributed by atoms with E-state index in [0.717, 1.165) is 19.3 Å². The number of carbonyl (C=O) groups excluding carboxylic acids is 3. The molecule has 0 radical (unpaired) electrons. The van der Waals surface area contributed by atoms with Crippen molar-refractivity contribution in [2.24, 2.45) is 0 Å². The number of hydrogen-bond acceptors (Lipinski definition) is 5. The number of imide groups is 1. The van der Waals surface area contributed by atoms with E-state index in [1.807, 2.05) is 12.1 Å². The SMILES string of the molecule is CNC(=O)C1CN(CC(=O)NC(=O)NCCC2=CCCCC2)c2ccccc2O1. The van der Waals surface area contributed by atoms with Gasteiger partial charge < -0.3 is 20.3 Å². The molecule has 0 aromatic heterocycles. The highest BCUT2D eigenvalue weighted by molar-refractivity contribution is 5.97. The van der Waals surface area contributed by atoms with E-state index in [1.165, 1.54) is 25.5 Å². The summed E-state index contributed by atoms with van der Waals surface area (Å²) in [5.41, 5.74) is 2.08. The van der Waals surface area contributed by atoms with E-state index in [-0.39, 0.29) is 19.0 Å². The van der Waals surface area contributed by atoms with Crippen LogP contribution in [0.3, 0.4) is 0 Å². The maximum absolute atomic E-state index is 12.4. The van der Waals surface area contributed by atoms with Gasteiger partial charge in [-0.25, -0.2) is 4.79 Å². The number of allylic oxidation sites excluding steroid dienone is 1. The number of ether oxygens (including phenoxy) is 1. The number of benzene rings is 1.